The van der Waals surface area contributed by atoms with Crippen molar-refractivity contribution in [2.75, 3.05) is 28.4 Å². The molecule has 0 atom stereocenters. The van der Waals surface area contributed by atoms with E-state index in [1.165, 1.54) is 0 Å². The van der Waals surface area contributed by atoms with E-state index in [2.05, 4.69) is 15.5 Å². The molecule has 0 aliphatic carbocycles. The fourth-order valence-corrected chi connectivity index (χ4v) is 1.86. The minimum Gasteiger partial charge on any atom is -0.493 e. The van der Waals surface area contributed by atoms with Crippen LogP contribution >= 0.6 is 0 Å². The number of methoxy groups -OCH3 is 3. The highest BCUT2D eigenvalue weighted by Crippen LogP contribution is 2.43. The van der Waals surface area contributed by atoms with Gasteiger partial charge in [-0.3, -0.25) is 0 Å². The van der Waals surface area contributed by atoms with Gasteiger partial charge >= 0.3 is 0 Å². The third-order valence-corrected chi connectivity index (χ3v) is 2.74. The molecule has 0 amide bonds. The van der Waals surface area contributed by atoms with Gasteiger partial charge in [-0.05, 0) is 19.2 Å². The molecule has 0 spiro atoms. The second-order valence-electron chi connectivity index (χ2n) is 3.93. The lowest BCUT2D eigenvalue weighted by Crippen LogP contribution is -2.06. The maximum absolute atomic E-state index is 5.39. The van der Waals surface area contributed by atoms with Crippen molar-refractivity contribution < 1.29 is 18.7 Å². The van der Waals surface area contributed by atoms with Crippen LogP contribution in [0.3, 0.4) is 0 Å². The monoisotopic (exact) mass is 279 g/mol. The van der Waals surface area contributed by atoms with E-state index in [0.29, 0.717) is 41.1 Å². The summed E-state index contributed by atoms with van der Waals surface area (Å²) in [5.41, 5.74) is 0.653. The van der Waals surface area contributed by atoms with Crippen LogP contribution in [0.25, 0.3) is 11.5 Å². The van der Waals surface area contributed by atoms with Gasteiger partial charge in [0, 0.05) is 0 Å². The van der Waals surface area contributed by atoms with E-state index in [-0.39, 0.29) is 0 Å². The lowest BCUT2D eigenvalue weighted by Gasteiger charge is -2.13. The first-order chi connectivity index (χ1) is 9.74. The number of nitrogens with zero attached hydrogens (tertiary/aromatic N) is 2. The summed E-state index contributed by atoms with van der Waals surface area (Å²) in [6.07, 6.45) is 0. The fraction of sp³-hybridized carbons (Fsp3) is 0.385. The molecule has 2 rings (SSSR count). The van der Waals surface area contributed by atoms with Crippen LogP contribution in [0.5, 0.6) is 17.2 Å². The first kappa shape index (κ1) is 14.1. The van der Waals surface area contributed by atoms with E-state index in [0.717, 1.165) is 0 Å². The number of ether oxygens (including phenoxy) is 3. The van der Waals surface area contributed by atoms with Crippen molar-refractivity contribution >= 4 is 0 Å². The zero-order chi connectivity index (χ0) is 14.5. The molecule has 7 nitrogen and oxygen atoms in total. The van der Waals surface area contributed by atoms with E-state index in [9.17, 15) is 0 Å². The van der Waals surface area contributed by atoms with Crippen molar-refractivity contribution in [1.29, 1.82) is 0 Å². The summed E-state index contributed by atoms with van der Waals surface area (Å²) in [5.74, 6) is 2.49. The predicted molar refractivity (Wildman–Crippen MR) is 72.2 cm³/mol. The molecule has 7 heteroatoms. The number of aromatic nitrogens is 2. The van der Waals surface area contributed by atoms with E-state index in [4.69, 9.17) is 18.7 Å². The van der Waals surface area contributed by atoms with Crippen molar-refractivity contribution in [1.82, 2.24) is 15.5 Å². The van der Waals surface area contributed by atoms with E-state index >= 15 is 0 Å². The van der Waals surface area contributed by atoms with Crippen LogP contribution in [0.4, 0.5) is 0 Å². The summed E-state index contributed by atoms with van der Waals surface area (Å²) in [6.45, 7) is 0.527. The molecule has 0 aliphatic rings. The second-order valence-corrected chi connectivity index (χ2v) is 3.93. The normalized spacial score (nSPS) is 10.4. The van der Waals surface area contributed by atoms with Crippen LogP contribution in [-0.2, 0) is 6.54 Å². The van der Waals surface area contributed by atoms with Crippen molar-refractivity contribution in [3.05, 3.63) is 18.0 Å². The summed E-state index contributed by atoms with van der Waals surface area (Å²) >= 11 is 0. The van der Waals surface area contributed by atoms with Gasteiger partial charge in [0.25, 0.3) is 5.89 Å². The van der Waals surface area contributed by atoms with Gasteiger partial charge in [-0.15, -0.1) is 0 Å². The number of rotatable bonds is 6. The van der Waals surface area contributed by atoms with Crippen LogP contribution in [0.2, 0.25) is 0 Å². The SMILES string of the molecule is CNCc1noc(-c2ccc(OC)c(OC)c2OC)n1. The number of hydrogen-bond donors (Lipinski definition) is 1. The standard InChI is InChI=1S/C13H17N3O4/c1-14-7-10-15-13(20-16-10)8-5-6-9(17-2)12(19-4)11(8)18-3/h5-6,14H,7H2,1-4H3. The van der Waals surface area contributed by atoms with Gasteiger partial charge in [0.15, 0.2) is 17.3 Å². The topological polar surface area (TPSA) is 78.6 Å². The first-order valence-corrected chi connectivity index (χ1v) is 6.01. The van der Waals surface area contributed by atoms with Crippen LogP contribution in [0.1, 0.15) is 5.82 Å². The lowest BCUT2D eigenvalue weighted by atomic mass is 10.1. The Morgan fingerprint density at radius 1 is 1.10 bits per heavy atom. The third kappa shape index (κ3) is 2.53. The Bertz CT molecular complexity index is 583. The Morgan fingerprint density at radius 3 is 2.45 bits per heavy atom. The van der Waals surface area contributed by atoms with Crippen molar-refractivity contribution in [3.63, 3.8) is 0 Å². The molecule has 1 aromatic carbocycles. The first-order valence-electron chi connectivity index (χ1n) is 6.01. The van der Waals surface area contributed by atoms with Gasteiger partial charge in [-0.1, -0.05) is 5.16 Å². The maximum Gasteiger partial charge on any atom is 0.261 e. The van der Waals surface area contributed by atoms with Crippen LogP contribution in [-0.4, -0.2) is 38.5 Å². The summed E-state index contributed by atoms with van der Waals surface area (Å²) < 4.78 is 21.2. The van der Waals surface area contributed by atoms with Gasteiger partial charge < -0.3 is 24.1 Å². The Kier molecular flexibility index (Phi) is 4.41. The van der Waals surface area contributed by atoms with Gasteiger partial charge in [0.2, 0.25) is 5.75 Å². The van der Waals surface area contributed by atoms with Gasteiger partial charge in [-0.2, -0.15) is 4.98 Å². The molecule has 0 radical (unpaired) electrons. The smallest absolute Gasteiger partial charge is 0.261 e. The van der Waals surface area contributed by atoms with Gasteiger partial charge in [-0.25, -0.2) is 0 Å². The molecule has 0 fully saturated rings. The molecule has 0 aliphatic heterocycles. The second kappa shape index (κ2) is 6.25. The van der Waals surface area contributed by atoms with Crippen molar-refractivity contribution in [2.24, 2.45) is 0 Å². The summed E-state index contributed by atoms with van der Waals surface area (Å²) in [7, 11) is 6.47. The highest BCUT2D eigenvalue weighted by Gasteiger charge is 2.20. The Balaban J connectivity index is 2.49. The van der Waals surface area contributed by atoms with Gasteiger partial charge in [0.1, 0.15) is 0 Å². The number of nitrogens with one attached hydrogen (secondary N) is 1. The fourth-order valence-electron chi connectivity index (χ4n) is 1.86. The van der Waals surface area contributed by atoms with Crippen molar-refractivity contribution in [2.45, 2.75) is 6.54 Å². The van der Waals surface area contributed by atoms with E-state index < -0.39 is 0 Å². The van der Waals surface area contributed by atoms with Crippen LogP contribution < -0.4 is 19.5 Å². The molecule has 1 aromatic heterocycles. The zero-order valence-corrected chi connectivity index (χ0v) is 11.9. The molecule has 0 saturated heterocycles. The molecule has 2 aromatic rings. The number of hydrogen-bond acceptors (Lipinski definition) is 7. The largest absolute Gasteiger partial charge is 0.493 e. The number of benzene rings is 1. The maximum atomic E-state index is 5.39. The average molecular weight is 279 g/mol. The summed E-state index contributed by atoms with van der Waals surface area (Å²) in [4.78, 5) is 4.29. The van der Waals surface area contributed by atoms with Crippen molar-refractivity contribution in [3.8, 4) is 28.7 Å². The Morgan fingerprint density at radius 2 is 1.85 bits per heavy atom. The lowest BCUT2D eigenvalue weighted by molar-refractivity contribution is 0.324. The highest BCUT2D eigenvalue weighted by molar-refractivity contribution is 5.71. The highest BCUT2D eigenvalue weighted by atomic mass is 16.5. The van der Waals surface area contributed by atoms with Crippen LogP contribution in [0.15, 0.2) is 16.7 Å². The molecule has 0 unspecified atom stereocenters. The zero-order valence-electron chi connectivity index (χ0n) is 11.9. The molecule has 108 valence electrons. The quantitative estimate of drug-likeness (QED) is 0.858. The van der Waals surface area contributed by atoms with E-state index in [1.54, 1.807) is 33.5 Å². The molecular formula is C13H17N3O4. The Hall–Kier alpha value is -2.28. The molecule has 20 heavy (non-hydrogen) atoms. The minimum atomic E-state index is 0.369. The molecule has 0 bridgehead atoms. The van der Waals surface area contributed by atoms with Crippen LogP contribution in [0, 0.1) is 0 Å². The molecule has 1 heterocycles. The molecular weight excluding hydrogens is 262 g/mol. The van der Waals surface area contributed by atoms with E-state index in [1.807, 2.05) is 7.05 Å². The third-order valence-electron chi connectivity index (χ3n) is 2.74. The molecule has 0 saturated carbocycles. The summed E-state index contributed by atoms with van der Waals surface area (Å²) in [6, 6.07) is 3.55. The average Bonchev–Trinajstić information content (AvgIpc) is 2.94. The molecule has 1 N–H and O–H groups in total. The Labute approximate surface area is 116 Å². The van der Waals surface area contributed by atoms with Gasteiger partial charge in [0.05, 0.1) is 33.4 Å². The minimum absolute atomic E-state index is 0.369. The predicted octanol–water partition coefficient (Wildman–Crippen LogP) is 1.48. The summed E-state index contributed by atoms with van der Waals surface area (Å²) in [5, 5.41) is 6.84.